The average Bonchev–Trinajstić information content (AvgIpc) is 2.58. The smallest absolute Gasteiger partial charge is 0.317 e. The highest BCUT2D eigenvalue weighted by atomic mass is 16.2. The summed E-state index contributed by atoms with van der Waals surface area (Å²) in [7, 11) is 0. The van der Waals surface area contributed by atoms with Gasteiger partial charge in [0.2, 0.25) is 5.91 Å². The Bertz CT molecular complexity index is 408. The van der Waals surface area contributed by atoms with Crippen LogP contribution in [0, 0.1) is 5.92 Å². The Hall–Kier alpha value is -1.30. The number of carbonyl (C=O) groups excluding carboxylic acids is 2. The molecule has 0 aromatic carbocycles. The van der Waals surface area contributed by atoms with E-state index in [0.717, 1.165) is 37.9 Å². The summed E-state index contributed by atoms with van der Waals surface area (Å²) in [5.41, 5.74) is 0. The molecule has 138 valence electrons. The Kier molecular flexibility index (Phi) is 7.82. The fourth-order valence-electron chi connectivity index (χ4n) is 3.78. The fourth-order valence-corrected chi connectivity index (χ4v) is 3.78. The Balaban J connectivity index is 1.58. The van der Waals surface area contributed by atoms with Crippen LogP contribution in [0.4, 0.5) is 4.79 Å². The van der Waals surface area contributed by atoms with Crippen LogP contribution in [0.15, 0.2) is 0 Å². The van der Waals surface area contributed by atoms with Crippen LogP contribution < -0.4 is 10.6 Å². The van der Waals surface area contributed by atoms with Crippen LogP contribution in [-0.4, -0.2) is 67.0 Å². The maximum atomic E-state index is 12.1. The van der Waals surface area contributed by atoms with E-state index in [1.54, 1.807) is 0 Å². The van der Waals surface area contributed by atoms with Gasteiger partial charge in [-0.05, 0) is 58.0 Å². The van der Waals surface area contributed by atoms with Gasteiger partial charge in [0.15, 0.2) is 0 Å². The summed E-state index contributed by atoms with van der Waals surface area (Å²) in [5.74, 6) is 0.690. The molecule has 0 aliphatic carbocycles. The lowest BCUT2D eigenvalue weighted by atomic mass is 9.92. The first kappa shape index (κ1) is 19.0. The van der Waals surface area contributed by atoms with Gasteiger partial charge < -0.3 is 20.4 Å². The van der Waals surface area contributed by atoms with Crippen molar-refractivity contribution >= 4 is 11.9 Å². The van der Waals surface area contributed by atoms with E-state index in [1.165, 1.54) is 45.7 Å². The summed E-state index contributed by atoms with van der Waals surface area (Å²) >= 11 is 0. The third-order valence-electron chi connectivity index (χ3n) is 5.44. The highest BCUT2D eigenvalue weighted by molar-refractivity contribution is 5.74. The summed E-state index contributed by atoms with van der Waals surface area (Å²) in [5, 5.41) is 5.56. The maximum Gasteiger partial charge on any atom is 0.317 e. The van der Waals surface area contributed by atoms with Crippen molar-refractivity contribution in [2.75, 3.05) is 39.3 Å². The van der Waals surface area contributed by atoms with Crippen LogP contribution in [0.1, 0.15) is 52.4 Å². The van der Waals surface area contributed by atoms with Crippen molar-refractivity contribution in [3.63, 3.8) is 0 Å². The van der Waals surface area contributed by atoms with Crippen LogP contribution in [0.3, 0.4) is 0 Å². The lowest BCUT2D eigenvalue weighted by Crippen LogP contribution is -2.46. The number of rotatable bonds is 6. The van der Waals surface area contributed by atoms with Gasteiger partial charge in [0.25, 0.3) is 0 Å². The first-order valence-electron chi connectivity index (χ1n) is 9.57. The third kappa shape index (κ3) is 6.30. The van der Waals surface area contributed by atoms with Crippen molar-refractivity contribution in [3.05, 3.63) is 0 Å². The fraction of sp³-hybridized carbons (Fsp3) is 0.889. The van der Waals surface area contributed by atoms with Crippen molar-refractivity contribution in [3.8, 4) is 0 Å². The van der Waals surface area contributed by atoms with E-state index in [-0.39, 0.29) is 11.9 Å². The van der Waals surface area contributed by atoms with Gasteiger partial charge in [0.05, 0.1) is 0 Å². The number of hydrogen-bond acceptors (Lipinski definition) is 3. The molecule has 2 fully saturated rings. The molecule has 2 N–H and O–H groups in total. The molecule has 0 aromatic rings. The van der Waals surface area contributed by atoms with Gasteiger partial charge >= 0.3 is 6.03 Å². The number of carbonyl (C=O) groups is 2. The van der Waals surface area contributed by atoms with E-state index in [1.807, 2.05) is 4.90 Å². The van der Waals surface area contributed by atoms with Gasteiger partial charge in [-0.2, -0.15) is 0 Å². The van der Waals surface area contributed by atoms with Gasteiger partial charge in [-0.1, -0.05) is 6.42 Å². The molecule has 6 nitrogen and oxygen atoms in total. The van der Waals surface area contributed by atoms with Crippen molar-refractivity contribution < 1.29 is 9.59 Å². The van der Waals surface area contributed by atoms with Crippen molar-refractivity contribution in [1.29, 1.82) is 0 Å². The predicted octanol–water partition coefficient (Wildman–Crippen LogP) is 1.81. The van der Waals surface area contributed by atoms with E-state index in [4.69, 9.17) is 0 Å². The van der Waals surface area contributed by atoms with Crippen molar-refractivity contribution in [1.82, 2.24) is 20.4 Å². The summed E-state index contributed by atoms with van der Waals surface area (Å²) < 4.78 is 0. The molecular formula is C18H34N4O2. The zero-order chi connectivity index (χ0) is 17.4. The second-order valence-electron chi connectivity index (χ2n) is 7.31. The number of nitrogens with zero attached hydrogens (tertiary/aromatic N) is 2. The molecule has 2 rings (SSSR count). The van der Waals surface area contributed by atoms with E-state index >= 15 is 0 Å². The second kappa shape index (κ2) is 9.87. The number of urea groups is 1. The van der Waals surface area contributed by atoms with Gasteiger partial charge in [-0.15, -0.1) is 0 Å². The highest BCUT2D eigenvalue weighted by Crippen LogP contribution is 2.23. The monoisotopic (exact) mass is 338 g/mol. The molecule has 2 saturated heterocycles. The van der Waals surface area contributed by atoms with Gasteiger partial charge in [0, 0.05) is 39.1 Å². The van der Waals surface area contributed by atoms with Gasteiger partial charge in [-0.25, -0.2) is 4.79 Å². The molecule has 6 heteroatoms. The van der Waals surface area contributed by atoms with Crippen molar-refractivity contribution in [2.45, 2.75) is 58.4 Å². The van der Waals surface area contributed by atoms with Crippen LogP contribution in [0.2, 0.25) is 0 Å². The molecular weight excluding hydrogens is 304 g/mol. The minimum atomic E-state index is -0.0620. The molecule has 0 spiro atoms. The highest BCUT2D eigenvalue weighted by Gasteiger charge is 2.24. The Morgan fingerprint density at radius 2 is 1.71 bits per heavy atom. The molecule has 2 heterocycles. The quantitative estimate of drug-likeness (QED) is 0.726. The molecule has 0 unspecified atom stereocenters. The second-order valence-corrected chi connectivity index (χ2v) is 7.31. The first-order chi connectivity index (χ1) is 11.6. The molecule has 2 aliphatic heterocycles. The number of piperidine rings is 2. The SMILES string of the molecule is CC(=O)NCCNC(=O)N1CCC(CCN2CCCC[C@@H]2C)CC1. The maximum absolute atomic E-state index is 12.1. The molecule has 0 aromatic heterocycles. The number of amides is 3. The zero-order valence-electron chi connectivity index (χ0n) is 15.4. The van der Waals surface area contributed by atoms with E-state index in [2.05, 4.69) is 22.5 Å². The minimum absolute atomic E-state index is 0.00320. The predicted molar refractivity (Wildman–Crippen MR) is 95.9 cm³/mol. The lowest BCUT2D eigenvalue weighted by molar-refractivity contribution is -0.118. The van der Waals surface area contributed by atoms with Crippen LogP contribution in [0.25, 0.3) is 0 Å². The largest absolute Gasteiger partial charge is 0.355 e. The summed E-state index contributed by atoms with van der Waals surface area (Å²) in [6.45, 7) is 9.00. The molecule has 0 saturated carbocycles. The number of nitrogens with one attached hydrogen (secondary N) is 2. The van der Waals surface area contributed by atoms with Crippen molar-refractivity contribution in [2.24, 2.45) is 5.92 Å². The molecule has 24 heavy (non-hydrogen) atoms. The Labute approximate surface area is 146 Å². The Morgan fingerprint density at radius 1 is 1.00 bits per heavy atom. The third-order valence-corrected chi connectivity index (χ3v) is 5.44. The standard InChI is InChI=1S/C18H34N4O2/c1-15-5-3-4-11-21(15)12-6-17-7-13-22(14-8-17)18(24)20-10-9-19-16(2)23/h15,17H,3-14H2,1-2H3,(H,19,23)(H,20,24)/t15-/m0/s1. The van der Waals surface area contributed by atoms with E-state index < -0.39 is 0 Å². The van der Waals surface area contributed by atoms with Gasteiger partial charge in [0.1, 0.15) is 0 Å². The molecule has 0 radical (unpaired) electrons. The number of hydrogen-bond donors (Lipinski definition) is 2. The van der Waals surface area contributed by atoms with E-state index in [9.17, 15) is 9.59 Å². The summed E-state index contributed by atoms with van der Waals surface area (Å²) in [6.07, 6.45) is 7.57. The zero-order valence-corrected chi connectivity index (χ0v) is 15.4. The van der Waals surface area contributed by atoms with Crippen LogP contribution in [-0.2, 0) is 4.79 Å². The normalized spacial score (nSPS) is 23.1. The molecule has 2 aliphatic rings. The van der Waals surface area contributed by atoms with Crippen LogP contribution in [0.5, 0.6) is 0 Å². The molecule has 0 bridgehead atoms. The summed E-state index contributed by atoms with van der Waals surface area (Å²) in [4.78, 5) is 27.4. The molecule has 3 amide bonds. The minimum Gasteiger partial charge on any atom is -0.355 e. The van der Waals surface area contributed by atoms with Crippen LogP contribution >= 0.6 is 0 Å². The summed E-state index contributed by atoms with van der Waals surface area (Å²) in [6, 6.07) is 0.747. The topological polar surface area (TPSA) is 64.7 Å². The van der Waals surface area contributed by atoms with E-state index in [0.29, 0.717) is 13.1 Å². The number of likely N-dealkylation sites (tertiary alicyclic amines) is 2. The average molecular weight is 338 g/mol. The molecule has 1 atom stereocenters. The van der Waals surface area contributed by atoms with Gasteiger partial charge in [-0.3, -0.25) is 4.79 Å². The first-order valence-corrected chi connectivity index (χ1v) is 9.57. The lowest BCUT2D eigenvalue weighted by Gasteiger charge is -2.36. The Morgan fingerprint density at radius 3 is 2.38 bits per heavy atom.